The van der Waals surface area contributed by atoms with E-state index < -0.39 is 17.8 Å². The topological polar surface area (TPSA) is 120 Å². The molecule has 0 spiro atoms. The molecule has 162 valence electrons. The summed E-state index contributed by atoms with van der Waals surface area (Å²) in [7, 11) is 0. The van der Waals surface area contributed by atoms with E-state index in [9.17, 15) is 19.5 Å². The lowest BCUT2D eigenvalue weighted by Crippen LogP contribution is -2.37. The Balaban J connectivity index is 1.69. The van der Waals surface area contributed by atoms with Crippen LogP contribution in [0.3, 0.4) is 0 Å². The molecule has 32 heavy (non-hydrogen) atoms. The van der Waals surface area contributed by atoms with Crippen LogP contribution < -0.4 is 16.1 Å². The second-order valence-electron chi connectivity index (χ2n) is 6.91. The van der Waals surface area contributed by atoms with Gasteiger partial charge in [0.15, 0.2) is 0 Å². The van der Waals surface area contributed by atoms with Crippen molar-refractivity contribution in [1.82, 2.24) is 10.7 Å². The number of hydrogen-bond acceptors (Lipinski definition) is 5. The molecule has 0 atom stereocenters. The van der Waals surface area contributed by atoms with Crippen LogP contribution in [0.2, 0.25) is 0 Å². The molecule has 2 amide bonds. The molecule has 3 aromatic carbocycles. The number of para-hydroxylation sites is 1. The van der Waals surface area contributed by atoms with Gasteiger partial charge < -0.3 is 15.7 Å². The van der Waals surface area contributed by atoms with Gasteiger partial charge in [-0.3, -0.25) is 9.59 Å². The van der Waals surface area contributed by atoms with E-state index in [0.717, 1.165) is 16.8 Å². The minimum atomic E-state index is -1.09. The van der Waals surface area contributed by atoms with Gasteiger partial charge in [-0.25, -0.2) is 10.2 Å². The van der Waals surface area contributed by atoms with Crippen molar-refractivity contribution in [3.8, 4) is 0 Å². The minimum absolute atomic E-state index is 0.0636. The molecule has 0 radical (unpaired) electrons. The van der Waals surface area contributed by atoms with Crippen molar-refractivity contribution < 1.29 is 19.5 Å². The van der Waals surface area contributed by atoms with Crippen LogP contribution in [-0.4, -0.2) is 29.1 Å². The largest absolute Gasteiger partial charge is 0.478 e. The van der Waals surface area contributed by atoms with E-state index in [1.807, 2.05) is 61.5 Å². The maximum absolute atomic E-state index is 12.0. The van der Waals surface area contributed by atoms with Crippen molar-refractivity contribution in [3.63, 3.8) is 0 Å². The van der Waals surface area contributed by atoms with Gasteiger partial charge in [0, 0.05) is 23.5 Å². The van der Waals surface area contributed by atoms with Crippen LogP contribution in [0.15, 0.2) is 77.9 Å². The van der Waals surface area contributed by atoms with Crippen molar-refractivity contribution in [1.29, 1.82) is 0 Å². The minimum Gasteiger partial charge on any atom is -0.478 e. The first-order chi connectivity index (χ1) is 15.4. The Kier molecular flexibility index (Phi) is 7.32. The van der Waals surface area contributed by atoms with Crippen molar-refractivity contribution in [2.75, 3.05) is 5.32 Å². The zero-order valence-corrected chi connectivity index (χ0v) is 17.3. The summed E-state index contributed by atoms with van der Waals surface area (Å²) in [6, 6.07) is 21.3. The van der Waals surface area contributed by atoms with E-state index in [-0.39, 0.29) is 12.1 Å². The quantitative estimate of drug-likeness (QED) is 0.261. The van der Waals surface area contributed by atoms with Gasteiger partial charge in [-0.05, 0) is 42.3 Å². The third kappa shape index (κ3) is 6.02. The number of rotatable bonds is 7. The normalized spacial score (nSPS) is 10.5. The van der Waals surface area contributed by atoms with E-state index in [1.165, 1.54) is 18.3 Å². The van der Waals surface area contributed by atoms with Crippen molar-refractivity contribution in [2.24, 2.45) is 5.10 Å². The lowest BCUT2D eigenvalue weighted by atomic mass is 10.1. The number of carboxylic acids is 1. The monoisotopic (exact) mass is 430 g/mol. The Hall–Kier alpha value is -4.46. The van der Waals surface area contributed by atoms with Crippen LogP contribution in [0.4, 0.5) is 11.4 Å². The van der Waals surface area contributed by atoms with Crippen LogP contribution >= 0.6 is 0 Å². The zero-order chi connectivity index (χ0) is 22.9. The SMILES string of the molecule is Cc1ccccc1Nc1ccc(C(=O)O)cc1/C=N\NC(=O)C(=O)NCc1ccccc1. The first-order valence-electron chi connectivity index (χ1n) is 9.79. The lowest BCUT2D eigenvalue weighted by molar-refractivity contribution is -0.139. The number of anilines is 2. The highest BCUT2D eigenvalue weighted by atomic mass is 16.4. The third-order valence-corrected chi connectivity index (χ3v) is 4.58. The molecular weight excluding hydrogens is 408 g/mol. The number of nitrogens with one attached hydrogen (secondary N) is 3. The molecule has 4 N–H and O–H groups in total. The summed E-state index contributed by atoms with van der Waals surface area (Å²) in [6.45, 7) is 2.15. The average molecular weight is 430 g/mol. The fourth-order valence-corrected chi connectivity index (χ4v) is 2.84. The van der Waals surface area contributed by atoms with E-state index in [4.69, 9.17) is 0 Å². The fourth-order valence-electron chi connectivity index (χ4n) is 2.84. The predicted octanol–water partition coefficient (Wildman–Crippen LogP) is 3.20. The molecule has 8 heteroatoms. The van der Waals surface area contributed by atoms with Gasteiger partial charge in [-0.2, -0.15) is 5.10 Å². The molecule has 0 unspecified atom stereocenters. The second kappa shape index (κ2) is 10.5. The number of carboxylic acid groups (broad SMARTS) is 1. The molecule has 0 bridgehead atoms. The van der Waals surface area contributed by atoms with Gasteiger partial charge in [-0.1, -0.05) is 48.5 Å². The van der Waals surface area contributed by atoms with Gasteiger partial charge in [0.1, 0.15) is 0 Å². The number of carbonyl (C=O) groups excluding carboxylic acids is 2. The van der Waals surface area contributed by atoms with Crippen molar-refractivity contribution in [3.05, 3.63) is 95.1 Å². The number of aromatic carboxylic acids is 1. The molecule has 0 aliphatic heterocycles. The van der Waals surface area contributed by atoms with Crippen LogP contribution in [0, 0.1) is 6.92 Å². The van der Waals surface area contributed by atoms with Gasteiger partial charge in [0.25, 0.3) is 0 Å². The molecule has 8 nitrogen and oxygen atoms in total. The molecule has 0 aromatic heterocycles. The highest BCUT2D eigenvalue weighted by molar-refractivity contribution is 6.35. The number of hydrazone groups is 1. The van der Waals surface area contributed by atoms with Crippen LogP contribution in [0.5, 0.6) is 0 Å². The molecule has 0 aliphatic carbocycles. The van der Waals surface area contributed by atoms with Crippen molar-refractivity contribution in [2.45, 2.75) is 13.5 Å². The summed E-state index contributed by atoms with van der Waals surface area (Å²) in [5.41, 5.74) is 5.95. The Morgan fingerprint density at radius 2 is 1.62 bits per heavy atom. The van der Waals surface area contributed by atoms with Crippen LogP contribution in [0.1, 0.15) is 27.0 Å². The number of aryl methyl sites for hydroxylation is 1. The number of benzene rings is 3. The standard InChI is InChI=1S/C24H22N4O4/c1-16-7-5-6-10-20(16)27-21-12-11-18(24(31)32)13-19(21)15-26-28-23(30)22(29)25-14-17-8-3-2-4-9-17/h2-13,15,27H,14H2,1H3,(H,25,29)(H,28,30)(H,31,32)/b26-15-. The first-order valence-corrected chi connectivity index (χ1v) is 9.79. The van der Waals surface area contributed by atoms with E-state index >= 15 is 0 Å². The van der Waals surface area contributed by atoms with Crippen LogP contribution in [0.25, 0.3) is 0 Å². The first kappa shape index (κ1) is 22.2. The number of nitrogens with zero attached hydrogens (tertiary/aromatic N) is 1. The number of amides is 2. The van der Waals surface area contributed by atoms with Gasteiger partial charge in [0.2, 0.25) is 0 Å². The summed E-state index contributed by atoms with van der Waals surface area (Å²) >= 11 is 0. The number of carbonyl (C=O) groups is 3. The zero-order valence-electron chi connectivity index (χ0n) is 17.3. The lowest BCUT2D eigenvalue weighted by Gasteiger charge is -2.12. The Morgan fingerprint density at radius 3 is 2.34 bits per heavy atom. The molecule has 0 fully saturated rings. The Labute approximate surface area is 185 Å². The molecule has 3 aromatic rings. The highest BCUT2D eigenvalue weighted by Gasteiger charge is 2.13. The molecule has 0 heterocycles. The molecule has 0 aliphatic rings. The fraction of sp³-hybridized carbons (Fsp3) is 0.0833. The molecule has 0 saturated carbocycles. The maximum Gasteiger partial charge on any atom is 0.335 e. The summed E-state index contributed by atoms with van der Waals surface area (Å²) < 4.78 is 0. The van der Waals surface area contributed by atoms with Gasteiger partial charge in [-0.15, -0.1) is 0 Å². The Bertz CT molecular complexity index is 1160. The summed E-state index contributed by atoms with van der Waals surface area (Å²) in [5.74, 6) is -2.85. The van der Waals surface area contributed by atoms with Crippen molar-refractivity contribution >= 4 is 35.4 Å². The third-order valence-electron chi connectivity index (χ3n) is 4.58. The number of hydrogen-bond donors (Lipinski definition) is 4. The summed E-state index contributed by atoms with van der Waals surface area (Å²) in [4.78, 5) is 35.3. The van der Waals surface area contributed by atoms with Gasteiger partial charge in [0.05, 0.1) is 11.8 Å². The predicted molar refractivity (Wildman–Crippen MR) is 122 cm³/mol. The molecular formula is C24H22N4O4. The van der Waals surface area contributed by atoms with E-state index in [1.54, 1.807) is 6.07 Å². The highest BCUT2D eigenvalue weighted by Crippen LogP contribution is 2.23. The average Bonchev–Trinajstić information content (AvgIpc) is 2.80. The molecule has 0 saturated heterocycles. The maximum atomic E-state index is 12.0. The van der Waals surface area contributed by atoms with E-state index in [0.29, 0.717) is 11.3 Å². The summed E-state index contributed by atoms with van der Waals surface area (Å²) in [5, 5.41) is 18.8. The molecule has 3 rings (SSSR count). The van der Waals surface area contributed by atoms with E-state index in [2.05, 4.69) is 21.2 Å². The second-order valence-corrected chi connectivity index (χ2v) is 6.91. The summed E-state index contributed by atoms with van der Waals surface area (Å²) in [6.07, 6.45) is 1.29. The Morgan fingerprint density at radius 1 is 0.906 bits per heavy atom. The van der Waals surface area contributed by atoms with Crippen LogP contribution in [-0.2, 0) is 16.1 Å². The van der Waals surface area contributed by atoms with Gasteiger partial charge >= 0.3 is 17.8 Å². The smallest absolute Gasteiger partial charge is 0.335 e.